The minimum absolute atomic E-state index is 0.0243. The summed E-state index contributed by atoms with van der Waals surface area (Å²) >= 11 is 5.87. The predicted molar refractivity (Wildman–Crippen MR) is 75.7 cm³/mol. The molecule has 1 heterocycles. The first-order valence-corrected chi connectivity index (χ1v) is 6.92. The number of halogens is 1. The van der Waals surface area contributed by atoms with E-state index < -0.39 is 6.10 Å². The van der Waals surface area contributed by atoms with E-state index in [0.717, 1.165) is 0 Å². The van der Waals surface area contributed by atoms with Gasteiger partial charge in [0.25, 0.3) is 5.91 Å². The van der Waals surface area contributed by atoms with Gasteiger partial charge in [0.05, 0.1) is 0 Å². The number of carbonyl (C=O) groups excluding carboxylic acids is 2. The predicted octanol–water partition coefficient (Wildman–Crippen LogP) is 1.46. The molecule has 0 aromatic heterocycles. The van der Waals surface area contributed by atoms with E-state index in [1.54, 1.807) is 36.1 Å². The summed E-state index contributed by atoms with van der Waals surface area (Å²) in [6, 6.07) is 6.93. The van der Waals surface area contributed by atoms with Crippen molar-refractivity contribution in [3.05, 3.63) is 29.3 Å². The van der Waals surface area contributed by atoms with Crippen molar-refractivity contribution in [1.82, 2.24) is 10.2 Å². The van der Waals surface area contributed by atoms with Crippen LogP contribution in [0.4, 0.5) is 0 Å². The molecule has 1 aliphatic rings. The van der Waals surface area contributed by atoms with Crippen LogP contribution in [0.3, 0.4) is 0 Å². The molecule has 20 heavy (non-hydrogen) atoms. The summed E-state index contributed by atoms with van der Waals surface area (Å²) < 4.78 is 5.60. The molecular weight excluding hydrogens is 280 g/mol. The number of rotatable bonds is 3. The molecule has 2 amide bonds. The smallest absolute Gasteiger partial charge is 0.263 e. The quantitative estimate of drug-likeness (QED) is 0.918. The lowest BCUT2D eigenvalue weighted by Crippen LogP contribution is -2.42. The fourth-order valence-corrected chi connectivity index (χ4v) is 2.22. The molecule has 1 aromatic rings. The van der Waals surface area contributed by atoms with E-state index in [9.17, 15) is 9.59 Å². The van der Waals surface area contributed by atoms with Crippen LogP contribution in [0.25, 0.3) is 0 Å². The van der Waals surface area contributed by atoms with Gasteiger partial charge in [-0.25, -0.2) is 0 Å². The number of carbonyl (C=O) groups is 2. The fourth-order valence-electron chi connectivity index (χ4n) is 2.04. The first-order chi connectivity index (χ1) is 9.56. The fraction of sp³-hybridized carbons (Fsp3) is 0.429. The van der Waals surface area contributed by atoms with Gasteiger partial charge >= 0.3 is 0 Å². The minimum Gasteiger partial charge on any atom is -0.481 e. The number of amides is 2. The van der Waals surface area contributed by atoms with Crippen LogP contribution in [-0.4, -0.2) is 42.5 Å². The standard InChI is InChI=1S/C14H17ClN2O3/c1-10(20-12-4-2-3-11(15)9-12)14(19)17-7-5-13(18)16-6-8-17/h2-4,9-10H,5-8H2,1H3,(H,16,18). The molecule has 1 fully saturated rings. The average molecular weight is 297 g/mol. The largest absolute Gasteiger partial charge is 0.481 e. The van der Waals surface area contributed by atoms with Gasteiger partial charge in [-0.1, -0.05) is 17.7 Å². The highest BCUT2D eigenvalue weighted by molar-refractivity contribution is 6.30. The lowest BCUT2D eigenvalue weighted by Gasteiger charge is -2.24. The van der Waals surface area contributed by atoms with E-state index in [4.69, 9.17) is 16.3 Å². The highest BCUT2D eigenvalue weighted by atomic mass is 35.5. The van der Waals surface area contributed by atoms with Gasteiger partial charge in [0, 0.05) is 31.1 Å². The summed E-state index contributed by atoms with van der Waals surface area (Å²) in [6.07, 6.45) is -0.281. The SMILES string of the molecule is CC(Oc1cccc(Cl)c1)C(=O)N1CCNC(=O)CC1. The highest BCUT2D eigenvalue weighted by Crippen LogP contribution is 2.19. The number of nitrogens with zero attached hydrogens (tertiary/aromatic N) is 1. The number of benzene rings is 1. The summed E-state index contributed by atoms with van der Waals surface area (Å²) in [5.74, 6) is 0.410. The van der Waals surface area contributed by atoms with Gasteiger partial charge in [0.2, 0.25) is 5.91 Å². The molecule has 1 saturated heterocycles. The van der Waals surface area contributed by atoms with E-state index >= 15 is 0 Å². The zero-order valence-corrected chi connectivity index (χ0v) is 12.0. The number of nitrogens with one attached hydrogen (secondary N) is 1. The maximum atomic E-state index is 12.3. The molecule has 1 atom stereocenters. The average Bonchev–Trinajstić information content (AvgIpc) is 2.62. The van der Waals surface area contributed by atoms with Crippen LogP contribution < -0.4 is 10.1 Å². The molecule has 5 nitrogen and oxygen atoms in total. The Kier molecular flexibility index (Phi) is 4.84. The molecule has 0 saturated carbocycles. The first kappa shape index (κ1) is 14.7. The Bertz CT molecular complexity index is 507. The van der Waals surface area contributed by atoms with E-state index in [2.05, 4.69) is 5.32 Å². The van der Waals surface area contributed by atoms with E-state index in [1.165, 1.54) is 0 Å². The van der Waals surface area contributed by atoms with Crippen molar-refractivity contribution in [2.24, 2.45) is 0 Å². The van der Waals surface area contributed by atoms with Crippen molar-refractivity contribution in [3.8, 4) is 5.75 Å². The molecular formula is C14H17ClN2O3. The van der Waals surface area contributed by atoms with Crippen molar-refractivity contribution in [3.63, 3.8) is 0 Å². The molecule has 6 heteroatoms. The van der Waals surface area contributed by atoms with Crippen LogP contribution in [0.5, 0.6) is 5.75 Å². The third kappa shape index (κ3) is 3.87. The Labute approximate surface area is 122 Å². The number of hydrogen-bond acceptors (Lipinski definition) is 3. The van der Waals surface area contributed by atoms with Gasteiger partial charge < -0.3 is 15.0 Å². The van der Waals surface area contributed by atoms with Crippen LogP contribution in [0.15, 0.2) is 24.3 Å². The van der Waals surface area contributed by atoms with E-state index in [0.29, 0.717) is 36.8 Å². The van der Waals surface area contributed by atoms with Gasteiger partial charge in [-0.05, 0) is 25.1 Å². The summed E-state index contributed by atoms with van der Waals surface area (Å²) in [6.45, 7) is 3.11. The zero-order valence-electron chi connectivity index (χ0n) is 11.3. The van der Waals surface area contributed by atoms with Gasteiger partial charge in [0.1, 0.15) is 5.75 Å². The van der Waals surface area contributed by atoms with Crippen LogP contribution in [-0.2, 0) is 9.59 Å². The molecule has 0 aliphatic carbocycles. The third-order valence-corrected chi connectivity index (χ3v) is 3.32. The molecule has 0 spiro atoms. The first-order valence-electron chi connectivity index (χ1n) is 6.54. The van der Waals surface area contributed by atoms with Gasteiger partial charge in [-0.15, -0.1) is 0 Å². The molecule has 0 bridgehead atoms. The number of hydrogen-bond donors (Lipinski definition) is 1. The summed E-state index contributed by atoms with van der Waals surface area (Å²) in [5, 5.41) is 3.30. The summed E-state index contributed by atoms with van der Waals surface area (Å²) in [5.41, 5.74) is 0. The Morgan fingerprint density at radius 2 is 2.25 bits per heavy atom. The van der Waals surface area contributed by atoms with Crippen LogP contribution in [0, 0.1) is 0 Å². The van der Waals surface area contributed by atoms with E-state index in [-0.39, 0.29) is 11.8 Å². The molecule has 1 aromatic carbocycles. The Morgan fingerprint density at radius 1 is 1.45 bits per heavy atom. The monoisotopic (exact) mass is 296 g/mol. The lowest BCUT2D eigenvalue weighted by molar-refractivity contribution is -0.137. The Morgan fingerprint density at radius 3 is 3.00 bits per heavy atom. The van der Waals surface area contributed by atoms with Gasteiger partial charge in [0.15, 0.2) is 6.10 Å². The minimum atomic E-state index is -0.610. The summed E-state index contributed by atoms with van der Waals surface area (Å²) in [7, 11) is 0. The second kappa shape index (κ2) is 6.61. The van der Waals surface area contributed by atoms with Crippen LogP contribution >= 0.6 is 11.6 Å². The van der Waals surface area contributed by atoms with Crippen molar-refractivity contribution in [2.75, 3.05) is 19.6 Å². The third-order valence-electron chi connectivity index (χ3n) is 3.08. The molecule has 1 aliphatic heterocycles. The van der Waals surface area contributed by atoms with Crippen molar-refractivity contribution in [1.29, 1.82) is 0 Å². The second-order valence-corrected chi connectivity index (χ2v) is 5.08. The van der Waals surface area contributed by atoms with Crippen molar-refractivity contribution >= 4 is 23.4 Å². The molecule has 1 N–H and O–H groups in total. The van der Waals surface area contributed by atoms with Gasteiger partial charge in [-0.2, -0.15) is 0 Å². The normalized spacial score (nSPS) is 17.1. The summed E-state index contributed by atoms with van der Waals surface area (Å²) in [4.78, 5) is 25.2. The number of ether oxygens (including phenoxy) is 1. The Hall–Kier alpha value is -1.75. The Balaban J connectivity index is 1.96. The van der Waals surface area contributed by atoms with Crippen molar-refractivity contribution in [2.45, 2.75) is 19.4 Å². The molecule has 2 rings (SSSR count). The molecule has 108 valence electrons. The van der Waals surface area contributed by atoms with Crippen LogP contribution in [0.1, 0.15) is 13.3 Å². The zero-order chi connectivity index (χ0) is 14.5. The highest BCUT2D eigenvalue weighted by Gasteiger charge is 2.24. The lowest BCUT2D eigenvalue weighted by atomic mass is 10.3. The maximum Gasteiger partial charge on any atom is 0.263 e. The maximum absolute atomic E-state index is 12.3. The van der Waals surface area contributed by atoms with Crippen molar-refractivity contribution < 1.29 is 14.3 Å². The molecule has 1 unspecified atom stereocenters. The topological polar surface area (TPSA) is 58.6 Å². The van der Waals surface area contributed by atoms with Gasteiger partial charge in [-0.3, -0.25) is 9.59 Å². The van der Waals surface area contributed by atoms with E-state index in [1.807, 2.05) is 0 Å². The second-order valence-electron chi connectivity index (χ2n) is 4.64. The van der Waals surface area contributed by atoms with Crippen LogP contribution in [0.2, 0.25) is 5.02 Å². The molecule has 0 radical (unpaired) electrons.